The summed E-state index contributed by atoms with van der Waals surface area (Å²) in [6.45, 7) is 5.91. The second kappa shape index (κ2) is 4.24. The number of ether oxygens (including phenoxy) is 4. The predicted molar refractivity (Wildman–Crippen MR) is 53.8 cm³/mol. The van der Waals surface area contributed by atoms with E-state index in [9.17, 15) is 0 Å². The Bertz CT molecular complexity index is 287. The van der Waals surface area contributed by atoms with Crippen molar-refractivity contribution in [3.8, 4) is 0 Å². The molecule has 0 radical (unpaired) electrons. The lowest BCUT2D eigenvalue weighted by atomic mass is 9.87. The van der Waals surface area contributed by atoms with Gasteiger partial charge in [-0.15, -0.1) is 0 Å². The zero-order valence-corrected chi connectivity index (χ0v) is 9.12. The molecule has 0 aromatic carbocycles. The van der Waals surface area contributed by atoms with E-state index in [0.29, 0.717) is 32.6 Å². The lowest BCUT2D eigenvalue weighted by Gasteiger charge is -2.41. The Morgan fingerprint density at radius 2 is 1.80 bits per heavy atom. The second-order valence-electron chi connectivity index (χ2n) is 3.75. The van der Waals surface area contributed by atoms with E-state index in [4.69, 9.17) is 18.9 Å². The van der Waals surface area contributed by atoms with Gasteiger partial charge in [0, 0.05) is 0 Å². The Hall–Kier alpha value is -1.00. The van der Waals surface area contributed by atoms with Gasteiger partial charge in [-0.05, 0) is 26.0 Å². The van der Waals surface area contributed by atoms with E-state index in [2.05, 4.69) is 0 Å². The first-order valence-corrected chi connectivity index (χ1v) is 5.10. The van der Waals surface area contributed by atoms with Crippen LogP contribution in [-0.2, 0) is 18.9 Å². The summed E-state index contributed by atoms with van der Waals surface area (Å²) < 4.78 is 21.8. The van der Waals surface area contributed by atoms with Crippen molar-refractivity contribution in [2.75, 3.05) is 26.6 Å². The number of allylic oxidation sites excluding steroid dienone is 2. The third kappa shape index (κ3) is 1.87. The summed E-state index contributed by atoms with van der Waals surface area (Å²) >= 11 is 0. The molecule has 1 spiro atoms. The highest BCUT2D eigenvalue weighted by molar-refractivity contribution is 5.14. The SMILES string of the molecule is CC=C1OCC2(COCOC2)C(=CC)O1. The standard InChI is InChI=1S/C11H16O4/c1-3-9-11(5-12-8-13-6-11)7-14-10(4-2)15-9/h3-4H,5-8H2,1-2H3. The van der Waals surface area contributed by atoms with Crippen molar-refractivity contribution in [3.63, 3.8) is 0 Å². The largest absolute Gasteiger partial charge is 0.464 e. The van der Waals surface area contributed by atoms with E-state index in [1.807, 2.05) is 19.9 Å². The molecule has 0 aliphatic carbocycles. The van der Waals surface area contributed by atoms with Crippen LogP contribution in [-0.4, -0.2) is 26.6 Å². The van der Waals surface area contributed by atoms with E-state index in [1.54, 1.807) is 6.08 Å². The Morgan fingerprint density at radius 1 is 1.07 bits per heavy atom. The molecule has 4 heteroatoms. The Balaban J connectivity index is 2.18. The molecule has 0 amide bonds. The molecule has 0 saturated carbocycles. The lowest BCUT2D eigenvalue weighted by Crippen LogP contribution is -2.46. The maximum absolute atomic E-state index is 5.62. The topological polar surface area (TPSA) is 36.9 Å². The van der Waals surface area contributed by atoms with Gasteiger partial charge in [-0.2, -0.15) is 0 Å². The van der Waals surface area contributed by atoms with Crippen molar-refractivity contribution in [2.24, 2.45) is 5.41 Å². The van der Waals surface area contributed by atoms with E-state index < -0.39 is 0 Å². The van der Waals surface area contributed by atoms with Crippen LogP contribution in [0.4, 0.5) is 0 Å². The van der Waals surface area contributed by atoms with Crippen molar-refractivity contribution < 1.29 is 18.9 Å². The van der Waals surface area contributed by atoms with Gasteiger partial charge in [-0.1, -0.05) is 0 Å². The summed E-state index contributed by atoms with van der Waals surface area (Å²) in [5.74, 6) is 1.43. The predicted octanol–water partition coefficient (Wildman–Crippen LogP) is 1.79. The molecule has 2 fully saturated rings. The van der Waals surface area contributed by atoms with Crippen LogP contribution in [0.1, 0.15) is 13.8 Å². The smallest absolute Gasteiger partial charge is 0.279 e. The minimum Gasteiger partial charge on any atom is -0.464 e. The number of hydrogen-bond donors (Lipinski definition) is 0. The van der Waals surface area contributed by atoms with Crippen molar-refractivity contribution >= 4 is 0 Å². The minimum absolute atomic E-state index is 0.264. The lowest BCUT2D eigenvalue weighted by molar-refractivity contribution is -0.197. The zero-order valence-electron chi connectivity index (χ0n) is 9.12. The van der Waals surface area contributed by atoms with Crippen LogP contribution in [0.3, 0.4) is 0 Å². The third-order valence-electron chi connectivity index (χ3n) is 2.65. The Kier molecular flexibility index (Phi) is 2.98. The minimum atomic E-state index is -0.264. The summed E-state index contributed by atoms with van der Waals surface area (Å²) in [6, 6.07) is 0. The molecule has 2 heterocycles. The van der Waals surface area contributed by atoms with Gasteiger partial charge in [-0.3, -0.25) is 0 Å². The van der Waals surface area contributed by atoms with E-state index in [1.165, 1.54) is 0 Å². The fraction of sp³-hybridized carbons (Fsp3) is 0.636. The van der Waals surface area contributed by atoms with Crippen LogP contribution in [0, 0.1) is 5.41 Å². The molecule has 2 rings (SSSR count). The molecule has 84 valence electrons. The second-order valence-corrected chi connectivity index (χ2v) is 3.75. The van der Waals surface area contributed by atoms with Crippen LogP contribution in [0.25, 0.3) is 0 Å². The first-order chi connectivity index (χ1) is 7.30. The summed E-state index contributed by atoms with van der Waals surface area (Å²) in [5, 5.41) is 0. The monoisotopic (exact) mass is 212 g/mol. The zero-order chi connectivity index (χ0) is 10.7. The molecule has 2 aliphatic rings. The highest BCUT2D eigenvalue weighted by atomic mass is 16.7. The summed E-state index contributed by atoms with van der Waals surface area (Å²) in [5.41, 5.74) is -0.264. The average Bonchev–Trinajstić information content (AvgIpc) is 2.31. The van der Waals surface area contributed by atoms with Crippen LogP contribution >= 0.6 is 0 Å². The van der Waals surface area contributed by atoms with Gasteiger partial charge in [-0.25, -0.2) is 0 Å². The molecule has 0 atom stereocenters. The van der Waals surface area contributed by atoms with E-state index in [-0.39, 0.29) is 5.41 Å². The fourth-order valence-electron chi connectivity index (χ4n) is 1.83. The molecule has 2 aliphatic heterocycles. The molecule has 0 N–H and O–H groups in total. The van der Waals surface area contributed by atoms with Gasteiger partial charge >= 0.3 is 0 Å². The van der Waals surface area contributed by atoms with Gasteiger partial charge in [0.15, 0.2) is 0 Å². The molecule has 15 heavy (non-hydrogen) atoms. The van der Waals surface area contributed by atoms with Gasteiger partial charge < -0.3 is 18.9 Å². The van der Waals surface area contributed by atoms with E-state index in [0.717, 1.165) is 5.76 Å². The van der Waals surface area contributed by atoms with Crippen molar-refractivity contribution in [3.05, 3.63) is 23.9 Å². The first-order valence-electron chi connectivity index (χ1n) is 5.10. The first kappa shape index (κ1) is 10.5. The molecule has 0 unspecified atom stereocenters. The van der Waals surface area contributed by atoms with Crippen LogP contribution in [0.2, 0.25) is 0 Å². The van der Waals surface area contributed by atoms with Crippen molar-refractivity contribution in [1.82, 2.24) is 0 Å². The Labute approximate surface area is 89.5 Å². The summed E-state index contributed by atoms with van der Waals surface area (Å²) in [6.07, 6.45) is 3.75. The summed E-state index contributed by atoms with van der Waals surface area (Å²) in [7, 11) is 0. The van der Waals surface area contributed by atoms with Gasteiger partial charge in [0.05, 0.1) is 13.2 Å². The molecular formula is C11H16O4. The summed E-state index contributed by atoms with van der Waals surface area (Å²) in [4.78, 5) is 0. The molecule has 0 aromatic heterocycles. The van der Waals surface area contributed by atoms with Crippen LogP contribution in [0.15, 0.2) is 23.9 Å². The van der Waals surface area contributed by atoms with E-state index >= 15 is 0 Å². The highest BCUT2D eigenvalue weighted by Gasteiger charge is 2.43. The maximum atomic E-state index is 5.62. The van der Waals surface area contributed by atoms with Crippen molar-refractivity contribution in [1.29, 1.82) is 0 Å². The van der Waals surface area contributed by atoms with Crippen LogP contribution < -0.4 is 0 Å². The number of hydrogen-bond acceptors (Lipinski definition) is 4. The molecule has 0 bridgehead atoms. The van der Waals surface area contributed by atoms with Gasteiger partial charge in [0.1, 0.15) is 24.6 Å². The molecule has 0 aromatic rings. The average molecular weight is 212 g/mol. The molecular weight excluding hydrogens is 196 g/mol. The molecule has 2 saturated heterocycles. The highest BCUT2D eigenvalue weighted by Crippen LogP contribution is 2.38. The quantitative estimate of drug-likeness (QED) is 0.613. The number of rotatable bonds is 0. The maximum Gasteiger partial charge on any atom is 0.279 e. The molecule has 4 nitrogen and oxygen atoms in total. The fourth-order valence-corrected chi connectivity index (χ4v) is 1.83. The third-order valence-corrected chi connectivity index (χ3v) is 2.65. The van der Waals surface area contributed by atoms with Crippen LogP contribution in [0.5, 0.6) is 0 Å². The Morgan fingerprint density at radius 3 is 2.40 bits per heavy atom. The normalized spacial score (nSPS) is 30.3. The van der Waals surface area contributed by atoms with Crippen molar-refractivity contribution in [2.45, 2.75) is 13.8 Å². The van der Waals surface area contributed by atoms with Gasteiger partial charge in [0.2, 0.25) is 0 Å². The van der Waals surface area contributed by atoms with Gasteiger partial charge in [0.25, 0.3) is 5.95 Å².